The maximum absolute atomic E-state index is 11.9. The molecule has 0 aliphatic heterocycles. The molecule has 4 heteroatoms. The molecular weight excluding hydrogens is 238 g/mol. The van der Waals surface area contributed by atoms with Crippen LogP contribution in [0.5, 0.6) is 0 Å². The number of hydrogen-bond acceptors (Lipinski definition) is 2. The lowest BCUT2D eigenvalue weighted by molar-refractivity contribution is -0.778. The number of carbonyl (C=O) groups is 1. The molecule has 1 N–H and O–H groups in total. The van der Waals surface area contributed by atoms with Crippen LogP contribution in [0, 0.1) is 0 Å². The van der Waals surface area contributed by atoms with Gasteiger partial charge in [0.2, 0.25) is 0 Å². The van der Waals surface area contributed by atoms with Crippen molar-refractivity contribution >= 4 is 11.6 Å². The molecule has 96 valence electrons. The molecule has 0 aromatic heterocycles. The molecule has 0 radical (unpaired) electrons. The Labute approximate surface area is 109 Å². The quantitative estimate of drug-likeness (QED) is 0.674. The van der Waals surface area contributed by atoms with Gasteiger partial charge >= 0.3 is 5.91 Å². The van der Waals surface area contributed by atoms with E-state index >= 15 is 0 Å². The summed E-state index contributed by atoms with van der Waals surface area (Å²) in [5, 5.41) is 0. The smallest absolute Gasteiger partial charge is 0.317 e. The minimum atomic E-state index is 0. The van der Waals surface area contributed by atoms with Gasteiger partial charge in [0.1, 0.15) is 11.7 Å². The number of benzene rings is 1. The maximum atomic E-state index is 11.9. The summed E-state index contributed by atoms with van der Waals surface area (Å²) in [6.45, 7) is 4.50. The summed E-state index contributed by atoms with van der Waals surface area (Å²) in [7, 11) is 1.66. The Morgan fingerprint density at radius 2 is 1.94 bits per heavy atom. The monoisotopic (exact) mass is 257 g/mol. The van der Waals surface area contributed by atoms with Gasteiger partial charge in [-0.05, 0) is 19.1 Å². The van der Waals surface area contributed by atoms with Crippen LogP contribution >= 0.6 is 0 Å². The van der Waals surface area contributed by atoms with Crippen LogP contribution in [0.4, 0.5) is 5.69 Å². The summed E-state index contributed by atoms with van der Waals surface area (Å²) >= 11 is 0. The molecule has 3 nitrogen and oxygen atoms in total. The number of para-hydroxylation sites is 1. The Morgan fingerprint density at radius 3 is 2.41 bits per heavy atom. The molecule has 0 saturated carbocycles. The summed E-state index contributed by atoms with van der Waals surface area (Å²) in [5.74, 6) is 0.204. The summed E-state index contributed by atoms with van der Waals surface area (Å²) < 4.78 is 5.13. The van der Waals surface area contributed by atoms with E-state index in [9.17, 15) is 4.79 Å². The Hall–Kier alpha value is -0.900. The summed E-state index contributed by atoms with van der Waals surface area (Å²) in [4.78, 5) is 12.8. The van der Waals surface area contributed by atoms with Crippen LogP contribution in [-0.2, 0) is 9.53 Å². The Bertz CT molecular complexity index is 329. The molecule has 1 aromatic rings. The van der Waals surface area contributed by atoms with Crippen molar-refractivity contribution in [3.05, 3.63) is 30.3 Å². The number of hydrogen-bond donors (Lipinski definition) is 1. The van der Waals surface area contributed by atoms with Gasteiger partial charge < -0.3 is 17.1 Å². The van der Waals surface area contributed by atoms with Crippen LogP contribution in [-0.4, -0.2) is 25.7 Å². The zero-order valence-corrected chi connectivity index (χ0v) is 11.3. The van der Waals surface area contributed by atoms with Crippen LogP contribution < -0.4 is 17.3 Å². The number of rotatable bonds is 5. The molecule has 0 saturated heterocycles. The average molecular weight is 258 g/mol. The number of quaternary nitrogens is 1. The number of methoxy groups -OCH3 is 1. The largest absolute Gasteiger partial charge is 1.00 e. The van der Waals surface area contributed by atoms with E-state index < -0.39 is 0 Å². The fourth-order valence-corrected chi connectivity index (χ4v) is 1.86. The van der Waals surface area contributed by atoms with Crippen molar-refractivity contribution in [2.75, 3.05) is 13.7 Å². The molecule has 2 unspecified atom stereocenters. The van der Waals surface area contributed by atoms with Crippen molar-refractivity contribution in [3.63, 3.8) is 0 Å². The van der Waals surface area contributed by atoms with E-state index in [1.54, 1.807) is 7.11 Å². The number of nitrogens with one attached hydrogen (secondary N) is 1. The van der Waals surface area contributed by atoms with Gasteiger partial charge in [0.05, 0.1) is 13.0 Å². The molecule has 0 fully saturated rings. The van der Waals surface area contributed by atoms with E-state index in [1.807, 2.05) is 44.2 Å². The highest BCUT2D eigenvalue weighted by Gasteiger charge is 2.26. The minimum Gasteiger partial charge on any atom is -1.00 e. The lowest BCUT2D eigenvalue weighted by Crippen LogP contribution is -3.14. The molecule has 0 bridgehead atoms. The van der Waals surface area contributed by atoms with E-state index in [2.05, 4.69) is 0 Å². The molecule has 1 rings (SSSR count). The maximum Gasteiger partial charge on any atom is 0.317 e. The first-order chi connectivity index (χ1) is 7.70. The van der Waals surface area contributed by atoms with Gasteiger partial charge in [0, 0.05) is 7.11 Å². The number of carbonyl (C=O) groups excluding carboxylic acids is 1. The predicted molar refractivity (Wildman–Crippen MR) is 63.7 cm³/mol. The van der Waals surface area contributed by atoms with E-state index in [1.165, 1.54) is 0 Å². The molecule has 0 heterocycles. The first-order valence-electron chi connectivity index (χ1n) is 5.65. The fraction of sp³-hybridized carbons (Fsp3) is 0.462. The second kappa shape index (κ2) is 8.23. The highest BCUT2D eigenvalue weighted by atomic mass is 35.5. The fourth-order valence-electron chi connectivity index (χ4n) is 1.86. The van der Waals surface area contributed by atoms with E-state index in [4.69, 9.17) is 4.74 Å². The standard InChI is InChI=1S/C13H19NO2.ClH/c1-4-13(15)14(11(2)10-16-3)12-8-6-5-7-9-12;/h5-9,11H,4,10H2,1-3H3;1H. The van der Waals surface area contributed by atoms with Crippen molar-refractivity contribution in [1.82, 2.24) is 0 Å². The van der Waals surface area contributed by atoms with Crippen LogP contribution in [0.15, 0.2) is 30.3 Å². The van der Waals surface area contributed by atoms with Crippen molar-refractivity contribution in [2.24, 2.45) is 0 Å². The third-order valence-electron chi connectivity index (χ3n) is 2.62. The van der Waals surface area contributed by atoms with Crippen LogP contribution in [0.3, 0.4) is 0 Å². The van der Waals surface area contributed by atoms with Gasteiger partial charge in [-0.1, -0.05) is 25.1 Å². The first-order valence-corrected chi connectivity index (χ1v) is 5.65. The summed E-state index contributed by atoms with van der Waals surface area (Å²) in [6, 6.07) is 9.97. The molecule has 1 amide bonds. The normalized spacial score (nSPS) is 13.6. The van der Waals surface area contributed by atoms with E-state index in [0.29, 0.717) is 13.0 Å². The topological polar surface area (TPSA) is 30.7 Å². The molecule has 0 spiro atoms. The van der Waals surface area contributed by atoms with Crippen molar-refractivity contribution in [3.8, 4) is 0 Å². The van der Waals surface area contributed by atoms with Crippen LogP contribution in [0.25, 0.3) is 0 Å². The van der Waals surface area contributed by atoms with Gasteiger partial charge in [-0.2, -0.15) is 0 Å². The van der Waals surface area contributed by atoms with Gasteiger partial charge in [-0.25, -0.2) is 9.69 Å². The van der Waals surface area contributed by atoms with Gasteiger partial charge in [-0.15, -0.1) is 0 Å². The number of amides is 1. The third kappa shape index (κ3) is 4.46. The van der Waals surface area contributed by atoms with Crippen molar-refractivity contribution in [1.29, 1.82) is 0 Å². The van der Waals surface area contributed by atoms with Gasteiger partial charge in [0.15, 0.2) is 0 Å². The van der Waals surface area contributed by atoms with E-state index in [-0.39, 0.29) is 24.4 Å². The average Bonchev–Trinajstić information content (AvgIpc) is 2.31. The van der Waals surface area contributed by atoms with E-state index in [0.717, 1.165) is 10.6 Å². The van der Waals surface area contributed by atoms with Crippen molar-refractivity contribution < 1.29 is 26.8 Å². The Balaban J connectivity index is 0.00000256. The van der Waals surface area contributed by atoms with Gasteiger partial charge in [-0.3, -0.25) is 0 Å². The highest BCUT2D eigenvalue weighted by molar-refractivity contribution is 5.69. The predicted octanol–water partition coefficient (Wildman–Crippen LogP) is -1.82. The van der Waals surface area contributed by atoms with Crippen molar-refractivity contribution in [2.45, 2.75) is 26.3 Å². The van der Waals surface area contributed by atoms with Gasteiger partial charge in [0.25, 0.3) is 0 Å². The minimum absolute atomic E-state index is 0. The number of halogens is 1. The molecule has 1 aromatic carbocycles. The van der Waals surface area contributed by atoms with Crippen LogP contribution in [0.2, 0.25) is 0 Å². The molecule has 2 atom stereocenters. The first kappa shape index (κ1) is 16.1. The molecule has 0 aliphatic rings. The Kier molecular flexibility index (Phi) is 7.79. The third-order valence-corrected chi connectivity index (χ3v) is 2.62. The number of ether oxygens (including phenoxy) is 1. The summed E-state index contributed by atoms with van der Waals surface area (Å²) in [6.07, 6.45) is 0.540. The molecule has 17 heavy (non-hydrogen) atoms. The zero-order valence-electron chi connectivity index (χ0n) is 10.6. The highest BCUT2D eigenvalue weighted by Crippen LogP contribution is 2.00. The lowest BCUT2D eigenvalue weighted by atomic mass is 10.2. The SMILES string of the molecule is CCC(=O)[NH+](c1ccccc1)C(C)COC.[Cl-]. The summed E-state index contributed by atoms with van der Waals surface area (Å²) in [5.41, 5.74) is 1.01. The molecule has 0 aliphatic carbocycles. The Morgan fingerprint density at radius 1 is 1.35 bits per heavy atom. The second-order valence-electron chi connectivity index (χ2n) is 3.91. The second-order valence-corrected chi connectivity index (χ2v) is 3.91. The van der Waals surface area contributed by atoms with Crippen LogP contribution in [0.1, 0.15) is 20.3 Å². The molecular formula is C13H20ClNO2. The zero-order chi connectivity index (χ0) is 12.0. The lowest BCUT2D eigenvalue weighted by Gasteiger charge is -2.22.